The van der Waals surface area contributed by atoms with E-state index in [1.165, 1.54) is 77.0 Å². The number of carbonyl (C=O) groups excluding carboxylic acids is 1. The molecule has 0 aromatic heterocycles. The van der Waals surface area contributed by atoms with Gasteiger partial charge < -0.3 is 4.74 Å². The van der Waals surface area contributed by atoms with Crippen LogP contribution >= 0.6 is 0 Å². The average Bonchev–Trinajstić information content (AvgIpc) is 3.36. The third kappa shape index (κ3) is 12.0. The van der Waals surface area contributed by atoms with Crippen molar-refractivity contribution in [2.45, 2.75) is 103 Å². The largest absolute Gasteiger partial charge is 0.365 e. The molecule has 128 valence electrons. The number of unbranched alkanes of at least 4 members (excludes halogenated alkanes) is 11. The van der Waals surface area contributed by atoms with Gasteiger partial charge in [0, 0.05) is 6.42 Å². The zero-order valence-corrected chi connectivity index (χ0v) is 14.7. The van der Waals surface area contributed by atoms with Crippen LogP contribution in [0.5, 0.6) is 0 Å². The maximum absolute atomic E-state index is 11.4. The summed E-state index contributed by atoms with van der Waals surface area (Å²) < 4.78 is 4.99. The Kier molecular flexibility index (Phi) is 12.4. The molecule has 1 atom stereocenters. The van der Waals surface area contributed by atoms with Gasteiger partial charge in [0.2, 0.25) is 0 Å². The summed E-state index contributed by atoms with van der Waals surface area (Å²) in [5.74, 6) is 0.317. The summed E-state index contributed by atoms with van der Waals surface area (Å²) >= 11 is 0. The molecule has 0 spiro atoms. The van der Waals surface area contributed by atoms with Crippen LogP contribution in [0.2, 0.25) is 0 Å². The molecule has 0 radical (unpaired) electrons. The first-order chi connectivity index (χ1) is 10.8. The highest BCUT2D eigenvalue weighted by Crippen LogP contribution is 2.15. The summed E-state index contributed by atoms with van der Waals surface area (Å²) in [5.41, 5.74) is 0. The van der Waals surface area contributed by atoms with Crippen molar-refractivity contribution in [3.63, 3.8) is 0 Å². The fourth-order valence-electron chi connectivity index (χ4n) is 2.76. The molecule has 0 aromatic carbocycles. The summed E-state index contributed by atoms with van der Waals surface area (Å²) in [6.45, 7) is 2.94. The third-order valence-electron chi connectivity index (χ3n) is 4.38. The summed E-state index contributed by atoms with van der Waals surface area (Å²) in [7, 11) is 0. The van der Waals surface area contributed by atoms with Gasteiger partial charge in [-0.15, -0.1) is 0 Å². The van der Waals surface area contributed by atoms with Crippen molar-refractivity contribution >= 4 is 5.78 Å². The minimum atomic E-state index is -0.0308. The van der Waals surface area contributed by atoms with E-state index in [1.807, 2.05) is 0 Å². The van der Waals surface area contributed by atoms with Gasteiger partial charge in [0.05, 0.1) is 6.61 Å². The molecule has 22 heavy (non-hydrogen) atoms. The number of rotatable bonds is 16. The molecule has 0 bridgehead atoms. The average molecular weight is 309 g/mol. The Morgan fingerprint density at radius 1 is 0.864 bits per heavy atom. The first-order valence-electron chi connectivity index (χ1n) is 9.64. The molecule has 1 rings (SSSR count). The molecule has 1 unspecified atom stereocenters. The van der Waals surface area contributed by atoms with Gasteiger partial charge in [0.15, 0.2) is 5.78 Å². The molecule has 1 heterocycles. The molecule has 2 heteroatoms. The van der Waals surface area contributed by atoms with Crippen molar-refractivity contribution in [2.75, 3.05) is 6.61 Å². The van der Waals surface area contributed by atoms with Crippen LogP contribution in [-0.4, -0.2) is 18.5 Å². The van der Waals surface area contributed by atoms with Gasteiger partial charge in [-0.2, -0.15) is 0 Å². The number of hydrogen-bond acceptors (Lipinski definition) is 2. The Balaban J connectivity index is 1.71. The van der Waals surface area contributed by atoms with Gasteiger partial charge in [0.1, 0.15) is 6.10 Å². The molecular weight excluding hydrogens is 272 g/mol. The fraction of sp³-hybridized carbons (Fsp3) is 0.850. The van der Waals surface area contributed by atoms with Crippen LogP contribution in [0.25, 0.3) is 0 Å². The van der Waals surface area contributed by atoms with E-state index in [9.17, 15) is 4.79 Å². The van der Waals surface area contributed by atoms with Crippen molar-refractivity contribution < 1.29 is 9.53 Å². The summed E-state index contributed by atoms with van der Waals surface area (Å²) in [5, 5.41) is 0. The molecule has 2 nitrogen and oxygen atoms in total. The minimum Gasteiger partial charge on any atom is -0.365 e. The molecule has 0 N–H and O–H groups in total. The normalized spacial score (nSPS) is 17.2. The van der Waals surface area contributed by atoms with Crippen LogP contribution in [0, 0.1) is 0 Å². The Morgan fingerprint density at radius 3 is 1.91 bits per heavy atom. The smallest absolute Gasteiger partial charge is 0.163 e. The lowest BCUT2D eigenvalue weighted by molar-refractivity contribution is -0.120. The van der Waals surface area contributed by atoms with Crippen LogP contribution in [0.4, 0.5) is 0 Å². The predicted molar refractivity (Wildman–Crippen MR) is 94.2 cm³/mol. The maximum Gasteiger partial charge on any atom is 0.163 e. The van der Waals surface area contributed by atoms with Crippen LogP contribution in [0.1, 0.15) is 96.8 Å². The number of hydrogen-bond donors (Lipinski definition) is 0. The second kappa shape index (κ2) is 14.0. The highest BCUT2D eigenvalue weighted by Gasteiger charge is 2.29. The second-order valence-electron chi connectivity index (χ2n) is 6.62. The lowest BCUT2D eigenvalue weighted by Crippen LogP contribution is -2.05. The van der Waals surface area contributed by atoms with Crippen LogP contribution in [0.15, 0.2) is 12.2 Å². The van der Waals surface area contributed by atoms with Crippen LogP contribution < -0.4 is 0 Å². The zero-order valence-electron chi connectivity index (χ0n) is 14.7. The van der Waals surface area contributed by atoms with E-state index in [4.69, 9.17) is 4.74 Å². The SMILES string of the molecule is CCCCCCCCC=CCCCCCCCC(=O)C1CO1. The minimum absolute atomic E-state index is 0.0308. The van der Waals surface area contributed by atoms with E-state index < -0.39 is 0 Å². The van der Waals surface area contributed by atoms with Crippen molar-refractivity contribution in [3.8, 4) is 0 Å². The highest BCUT2D eigenvalue weighted by molar-refractivity contribution is 5.84. The first kappa shape index (κ1) is 19.4. The monoisotopic (exact) mass is 308 g/mol. The van der Waals surface area contributed by atoms with E-state index in [2.05, 4.69) is 19.1 Å². The molecule has 1 aliphatic heterocycles. The number of epoxide rings is 1. The van der Waals surface area contributed by atoms with Gasteiger partial charge >= 0.3 is 0 Å². The molecule has 0 saturated carbocycles. The van der Waals surface area contributed by atoms with Crippen molar-refractivity contribution in [1.29, 1.82) is 0 Å². The van der Waals surface area contributed by atoms with Crippen molar-refractivity contribution in [2.24, 2.45) is 0 Å². The topological polar surface area (TPSA) is 29.6 Å². The first-order valence-corrected chi connectivity index (χ1v) is 9.64. The predicted octanol–water partition coefficient (Wildman–Crippen LogP) is 5.99. The summed E-state index contributed by atoms with van der Waals surface area (Å²) in [6, 6.07) is 0. The standard InChI is InChI=1S/C20H36O2/c1-2-3-4-5-6-7-8-9-10-11-12-13-14-15-16-17-19(21)20-18-22-20/h9-10,20H,2-8,11-18H2,1H3. The number of allylic oxidation sites excluding steroid dienone is 2. The quantitative estimate of drug-likeness (QED) is 0.199. The summed E-state index contributed by atoms with van der Waals surface area (Å²) in [6.07, 6.45) is 22.3. The summed E-state index contributed by atoms with van der Waals surface area (Å²) in [4.78, 5) is 11.4. The number of ketones is 1. The van der Waals surface area contributed by atoms with Gasteiger partial charge in [-0.25, -0.2) is 0 Å². The lowest BCUT2D eigenvalue weighted by atomic mass is 10.1. The van der Waals surface area contributed by atoms with E-state index in [-0.39, 0.29) is 6.10 Å². The molecule has 0 aliphatic carbocycles. The van der Waals surface area contributed by atoms with Crippen molar-refractivity contribution in [3.05, 3.63) is 12.2 Å². The maximum atomic E-state index is 11.4. The zero-order chi connectivity index (χ0) is 15.9. The van der Waals surface area contributed by atoms with E-state index in [1.54, 1.807) is 0 Å². The Morgan fingerprint density at radius 2 is 1.36 bits per heavy atom. The van der Waals surface area contributed by atoms with Gasteiger partial charge in [-0.1, -0.05) is 70.4 Å². The Bertz CT molecular complexity index is 292. The van der Waals surface area contributed by atoms with Gasteiger partial charge in [-0.05, 0) is 32.1 Å². The van der Waals surface area contributed by atoms with Crippen LogP contribution in [0.3, 0.4) is 0 Å². The highest BCUT2D eigenvalue weighted by atomic mass is 16.6. The number of ether oxygens (including phenoxy) is 1. The van der Waals surface area contributed by atoms with Crippen LogP contribution in [-0.2, 0) is 9.53 Å². The molecule has 1 saturated heterocycles. The second-order valence-corrected chi connectivity index (χ2v) is 6.62. The van der Waals surface area contributed by atoms with E-state index >= 15 is 0 Å². The molecule has 0 aromatic rings. The van der Waals surface area contributed by atoms with Gasteiger partial charge in [0.25, 0.3) is 0 Å². The third-order valence-corrected chi connectivity index (χ3v) is 4.38. The molecular formula is C20H36O2. The number of Topliss-reactive ketones (excluding diaryl/α,β-unsaturated/α-hetero) is 1. The Hall–Kier alpha value is -0.630. The lowest BCUT2D eigenvalue weighted by Gasteiger charge is -2.00. The fourth-order valence-corrected chi connectivity index (χ4v) is 2.76. The van der Waals surface area contributed by atoms with E-state index in [0.717, 1.165) is 12.8 Å². The van der Waals surface area contributed by atoms with E-state index in [0.29, 0.717) is 12.4 Å². The number of carbonyl (C=O) groups is 1. The molecule has 0 amide bonds. The molecule has 1 fully saturated rings. The van der Waals surface area contributed by atoms with Gasteiger partial charge in [-0.3, -0.25) is 4.79 Å². The van der Waals surface area contributed by atoms with Crippen molar-refractivity contribution in [1.82, 2.24) is 0 Å². The Labute approximate surface area is 137 Å². The molecule has 1 aliphatic rings.